The van der Waals surface area contributed by atoms with Crippen LogP contribution in [0.2, 0.25) is 0 Å². The summed E-state index contributed by atoms with van der Waals surface area (Å²) in [5.74, 6) is 1.34. The van der Waals surface area contributed by atoms with E-state index in [0.717, 1.165) is 12.8 Å². The predicted molar refractivity (Wildman–Crippen MR) is 56.0 cm³/mol. The van der Waals surface area contributed by atoms with Crippen LogP contribution in [-0.4, -0.2) is 11.6 Å². The highest BCUT2D eigenvalue weighted by Crippen LogP contribution is 2.25. The maximum absolute atomic E-state index is 11.6. The smallest absolute Gasteiger partial charge is 0.133 e. The molecular weight excluding hydrogens is 176 g/mol. The summed E-state index contributed by atoms with van der Waals surface area (Å²) in [6.07, 6.45) is 4.40. The van der Waals surface area contributed by atoms with Gasteiger partial charge >= 0.3 is 0 Å². The third-order valence-corrected chi connectivity index (χ3v) is 3.22. The van der Waals surface area contributed by atoms with Gasteiger partial charge in [-0.3, -0.25) is 9.59 Å². The number of Topliss-reactive ketones (excluding diaryl/α,β-unsaturated/α-hetero) is 2. The van der Waals surface area contributed by atoms with Crippen molar-refractivity contribution in [1.82, 2.24) is 0 Å². The Morgan fingerprint density at radius 1 is 0.857 bits per heavy atom. The second-order valence-corrected chi connectivity index (χ2v) is 4.44. The van der Waals surface area contributed by atoms with Crippen LogP contribution in [0, 0.1) is 11.8 Å². The van der Waals surface area contributed by atoms with Crippen molar-refractivity contribution in [2.24, 2.45) is 11.8 Å². The quantitative estimate of drug-likeness (QED) is 0.680. The van der Waals surface area contributed by atoms with E-state index in [9.17, 15) is 9.59 Å². The van der Waals surface area contributed by atoms with Gasteiger partial charge in [0.1, 0.15) is 11.6 Å². The van der Waals surface area contributed by atoms with Gasteiger partial charge in [-0.2, -0.15) is 0 Å². The van der Waals surface area contributed by atoms with Crippen molar-refractivity contribution in [3.8, 4) is 0 Å². The average Bonchev–Trinajstić information content (AvgIpc) is 2.13. The molecule has 0 aliphatic heterocycles. The lowest BCUT2D eigenvalue weighted by molar-refractivity contribution is -0.126. The van der Waals surface area contributed by atoms with Crippen molar-refractivity contribution in [2.45, 2.75) is 52.4 Å². The summed E-state index contributed by atoms with van der Waals surface area (Å²) in [5, 5.41) is 0. The highest BCUT2D eigenvalue weighted by atomic mass is 16.1. The van der Waals surface area contributed by atoms with Crippen LogP contribution in [0.3, 0.4) is 0 Å². The van der Waals surface area contributed by atoms with Gasteiger partial charge in [0.2, 0.25) is 0 Å². The van der Waals surface area contributed by atoms with E-state index in [1.54, 1.807) is 0 Å². The van der Waals surface area contributed by atoms with Gasteiger partial charge in [-0.05, 0) is 11.8 Å². The second-order valence-electron chi connectivity index (χ2n) is 4.44. The first kappa shape index (κ1) is 11.4. The second kappa shape index (κ2) is 5.28. The Kier molecular flexibility index (Phi) is 4.30. The third-order valence-electron chi connectivity index (χ3n) is 3.22. The summed E-state index contributed by atoms with van der Waals surface area (Å²) in [4.78, 5) is 23.1. The van der Waals surface area contributed by atoms with Crippen molar-refractivity contribution in [3.05, 3.63) is 0 Å². The van der Waals surface area contributed by atoms with Gasteiger partial charge < -0.3 is 0 Å². The van der Waals surface area contributed by atoms with Crippen LogP contribution < -0.4 is 0 Å². The van der Waals surface area contributed by atoms with E-state index in [1.807, 2.05) is 0 Å². The first-order chi connectivity index (χ1) is 6.65. The number of ketones is 2. The van der Waals surface area contributed by atoms with E-state index < -0.39 is 0 Å². The van der Waals surface area contributed by atoms with Gasteiger partial charge in [-0.15, -0.1) is 0 Å². The van der Waals surface area contributed by atoms with Crippen molar-refractivity contribution in [3.63, 3.8) is 0 Å². The fourth-order valence-corrected chi connectivity index (χ4v) is 2.18. The summed E-state index contributed by atoms with van der Waals surface area (Å²) in [7, 11) is 0. The fourth-order valence-electron chi connectivity index (χ4n) is 2.18. The Morgan fingerprint density at radius 3 is 1.36 bits per heavy atom. The number of hydrogen-bond donors (Lipinski definition) is 0. The Bertz CT molecular complexity index is 180. The molecule has 2 nitrogen and oxygen atoms in total. The van der Waals surface area contributed by atoms with Gasteiger partial charge in [0, 0.05) is 25.7 Å². The molecule has 0 heterocycles. The summed E-state index contributed by atoms with van der Waals surface area (Å²) in [6, 6.07) is 0. The molecule has 0 spiro atoms. The Balaban J connectivity index is 2.60. The van der Waals surface area contributed by atoms with E-state index in [0.29, 0.717) is 49.1 Å². The third kappa shape index (κ3) is 3.24. The van der Waals surface area contributed by atoms with Gasteiger partial charge in [0.15, 0.2) is 0 Å². The van der Waals surface area contributed by atoms with Gasteiger partial charge in [-0.25, -0.2) is 0 Å². The molecule has 0 aromatic carbocycles. The highest BCUT2D eigenvalue weighted by molar-refractivity contribution is 5.84. The average molecular weight is 196 g/mol. The molecule has 0 atom stereocenters. The standard InChI is InChI=1S/C12H20O2/c1-3-9-5-11(13)7-10(4-2)8-12(14)6-9/h9-10H,3-8H2,1-2H3. The molecule has 0 aromatic rings. The molecule has 0 unspecified atom stereocenters. The normalized spacial score (nSPS) is 29.9. The summed E-state index contributed by atoms with van der Waals surface area (Å²) in [6.45, 7) is 4.12. The molecule has 2 heteroatoms. The molecule has 0 aromatic heterocycles. The van der Waals surface area contributed by atoms with E-state index in [2.05, 4.69) is 13.8 Å². The molecule has 0 bridgehead atoms. The largest absolute Gasteiger partial charge is 0.300 e. The molecule has 1 aliphatic rings. The Labute approximate surface area is 86.1 Å². The molecule has 0 saturated heterocycles. The molecule has 1 fully saturated rings. The summed E-state index contributed by atoms with van der Waals surface area (Å²) >= 11 is 0. The Morgan fingerprint density at radius 2 is 1.14 bits per heavy atom. The van der Waals surface area contributed by atoms with E-state index in [1.165, 1.54) is 0 Å². The minimum Gasteiger partial charge on any atom is -0.300 e. The van der Waals surface area contributed by atoms with Crippen LogP contribution in [0.15, 0.2) is 0 Å². The number of carbonyl (C=O) groups is 2. The SMILES string of the molecule is CCC1CC(=O)CC(CC)CC(=O)C1. The van der Waals surface area contributed by atoms with Crippen molar-refractivity contribution in [1.29, 1.82) is 0 Å². The van der Waals surface area contributed by atoms with Crippen molar-refractivity contribution >= 4 is 11.6 Å². The van der Waals surface area contributed by atoms with E-state index in [-0.39, 0.29) is 0 Å². The molecule has 14 heavy (non-hydrogen) atoms. The monoisotopic (exact) mass is 196 g/mol. The molecule has 80 valence electrons. The van der Waals surface area contributed by atoms with Crippen LogP contribution >= 0.6 is 0 Å². The van der Waals surface area contributed by atoms with Crippen LogP contribution in [0.1, 0.15) is 52.4 Å². The van der Waals surface area contributed by atoms with Gasteiger partial charge in [0.05, 0.1) is 0 Å². The lowest BCUT2D eigenvalue weighted by atomic mass is 9.82. The molecule has 1 aliphatic carbocycles. The van der Waals surface area contributed by atoms with Crippen LogP contribution in [0.5, 0.6) is 0 Å². The van der Waals surface area contributed by atoms with Crippen LogP contribution in [0.4, 0.5) is 0 Å². The fraction of sp³-hybridized carbons (Fsp3) is 0.833. The first-order valence-corrected chi connectivity index (χ1v) is 5.69. The zero-order valence-electron chi connectivity index (χ0n) is 9.21. The minimum absolute atomic E-state index is 0.313. The van der Waals surface area contributed by atoms with Crippen molar-refractivity contribution < 1.29 is 9.59 Å². The summed E-state index contributed by atoms with van der Waals surface area (Å²) in [5.41, 5.74) is 0. The van der Waals surface area contributed by atoms with Gasteiger partial charge in [0.25, 0.3) is 0 Å². The minimum atomic E-state index is 0.313. The van der Waals surface area contributed by atoms with Crippen LogP contribution in [-0.2, 0) is 9.59 Å². The molecule has 1 saturated carbocycles. The van der Waals surface area contributed by atoms with E-state index in [4.69, 9.17) is 0 Å². The molecule has 0 N–H and O–H groups in total. The maximum atomic E-state index is 11.6. The number of carbonyl (C=O) groups excluding carboxylic acids is 2. The maximum Gasteiger partial charge on any atom is 0.133 e. The molecule has 1 rings (SSSR count). The topological polar surface area (TPSA) is 34.1 Å². The van der Waals surface area contributed by atoms with E-state index >= 15 is 0 Å². The highest BCUT2D eigenvalue weighted by Gasteiger charge is 2.24. The first-order valence-electron chi connectivity index (χ1n) is 5.69. The predicted octanol–water partition coefficient (Wildman–Crippen LogP) is 2.75. The zero-order chi connectivity index (χ0) is 10.6. The van der Waals surface area contributed by atoms with Crippen molar-refractivity contribution in [2.75, 3.05) is 0 Å². The Hall–Kier alpha value is -0.660. The number of rotatable bonds is 2. The van der Waals surface area contributed by atoms with Crippen LogP contribution in [0.25, 0.3) is 0 Å². The molecule has 0 radical (unpaired) electrons. The molecule has 0 amide bonds. The molecular formula is C12H20O2. The lowest BCUT2D eigenvalue weighted by Gasteiger charge is -2.21. The van der Waals surface area contributed by atoms with Gasteiger partial charge in [-0.1, -0.05) is 26.7 Å². The summed E-state index contributed by atoms with van der Waals surface area (Å²) < 4.78 is 0. The zero-order valence-corrected chi connectivity index (χ0v) is 9.21. The lowest BCUT2D eigenvalue weighted by Crippen LogP contribution is -2.21. The number of hydrogen-bond acceptors (Lipinski definition) is 2.